The average Bonchev–Trinajstić information content (AvgIpc) is 2.26. The molecule has 0 aliphatic carbocycles. The smallest absolute Gasteiger partial charge is 0.0980 e. The highest BCUT2D eigenvalue weighted by Gasteiger charge is 1.96. The first-order chi connectivity index (χ1) is 7.72. The SMILES string of the molecule is CCCCCCCCCN=C(CC)N(C)C. The maximum atomic E-state index is 4.62. The number of hydrogen-bond donors (Lipinski definition) is 0. The lowest BCUT2D eigenvalue weighted by Crippen LogP contribution is -2.21. The van der Waals surface area contributed by atoms with E-state index >= 15 is 0 Å². The molecule has 0 saturated carbocycles. The highest BCUT2D eigenvalue weighted by molar-refractivity contribution is 5.81. The Labute approximate surface area is 102 Å². The third-order valence-corrected chi connectivity index (χ3v) is 2.89. The van der Waals surface area contributed by atoms with E-state index in [0.717, 1.165) is 13.0 Å². The molecule has 0 aliphatic heterocycles. The molecule has 0 fully saturated rings. The molecule has 0 amide bonds. The van der Waals surface area contributed by atoms with Crippen LogP contribution < -0.4 is 0 Å². The van der Waals surface area contributed by atoms with Gasteiger partial charge in [0.1, 0.15) is 0 Å². The monoisotopic (exact) mass is 226 g/mol. The van der Waals surface area contributed by atoms with Crippen LogP contribution in [-0.2, 0) is 0 Å². The summed E-state index contributed by atoms with van der Waals surface area (Å²) in [7, 11) is 4.15. The Balaban J connectivity index is 3.37. The summed E-state index contributed by atoms with van der Waals surface area (Å²) in [6.07, 6.45) is 10.6. The molecule has 0 aromatic rings. The molecule has 0 heterocycles. The van der Waals surface area contributed by atoms with E-state index in [1.54, 1.807) is 0 Å². The summed E-state index contributed by atoms with van der Waals surface area (Å²) in [5.41, 5.74) is 0. The molecule has 0 rings (SSSR count). The molecule has 0 bridgehead atoms. The van der Waals surface area contributed by atoms with E-state index in [9.17, 15) is 0 Å². The van der Waals surface area contributed by atoms with Gasteiger partial charge >= 0.3 is 0 Å². The van der Waals surface area contributed by atoms with Gasteiger partial charge in [-0.2, -0.15) is 0 Å². The Morgan fingerprint density at radius 1 is 0.875 bits per heavy atom. The summed E-state index contributed by atoms with van der Waals surface area (Å²) < 4.78 is 0. The van der Waals surface area contributed by atoms with Gasteiger partial charge in [-0.1, -0.05) is 52.4 Å². The molecule has 0 spiro atoms. The Morgan fingerprint density at radius 2 is 1.44 bits per heavy atom. The van der Waals surface area contributed by atoms with Crippen LogP contribution in [0.15, 0.2) is 4.99 Å². The normalized spacial score (nSPS) is 11.9. The second-order valence-corrected chi connectivity index (χ2v) is 4.67. The van der Waals surface area contributed by atoms with Crippen molar-refractivity contribution in [2.75, 3.05) is 20.6 Å². The van der Waals surface area contributed by atoms with E-state index in [-0.39, 0.29) is 0 Å². The van der Waals surface area contributed by atoms with E-state index in [0.29, 0.717) is 0 Å². The zero-order chi connectivity index (χ0) is 12.2. The van der Waals surface area contributed by atoms with Crippen LogP contribution in [0.2, 0.25) is 0 Å². The third-order valence-electron chi connectivity index (χ3n) is 2.89. The van der Waals surface area contributed by atoms with Crippen LogP contribution in [0.1, 0.15) is 65.2 Å². The Hall–Kier alpha value is -0.530. The molecular formula is C14H30N2. The topological polar surface area (TPSA) is 15.6 Å². The number of unbranched alkanes of at least 4 members (excludes halogenated alkanes) is 6. The van der Waals surface area contributed by atoms with Crippen molar-refractivity contribution >= 4 is 5.84 Å². The second-order valence-electron chi connectivity index (χ2n) is 4.67. The largest absolute Gasteiger partial charge is 0.367 e. The van der Waals surface area contributed by atoms with Gasteiger partial charge in [0.25, 0.3) is 0 Å². The van der Waals surface area contributed by atoms with Gasteiger partial charge in [-0.3, -0.25) is 4.99 Å². The zero-order valence-corrected chi connectivity index (χ0v) is 11.8. The van der Waals surface area contributed by atoms with Gasteiger partial charge in [0.15, 0.2) is 0 Å². The molecular weight excluding hydrogens is 196 g/mol. The number of rotatable bonds is 9. The van der Waals surface area contributed by atoms with Gasteiger partial charge in [0.05, 0.1) is 5.84 Å². The van der Waals surface area contributed by atoms with Gasteiger partial charge in [0, 0.05) is 27.1 Å². The summed E-state index contributed by atoms with van der Waals surface area (Å²) in [4.78, 5) is 6.74. The molecule has 0 aromatic carbocycles. The molecule has 2 nitrogen and oxygen atoms in total. The molecule has 0 N–H and O–H groups in total. The molecule has 0 aliphatic rings. The predicted molar refractivity (Wildman–Crippen MR) is 74.3 cm³/mol. The van der Waals surface area contributed by atoms with Crippen LogP contribution in [0.5, 0.6) is 0 Å². The fourth-order valence-corrected chi connectivity index (χ4v) is 1.85. The maximum absolute atomic E-state index is 4.62. The average molecular weight is 226 g/mol. The first-order valence-corrected chi connectivity index (χ1v) is 6.93. The van der Waals surface area contributed by atoms with Crippen LogP contribution >= 0.6 is 0 Å². The number of hydrogen-bond acceptors (Lipinski definition) is 1. The lowest BCUT2D eigenvalue weighted by molar-refractivity contribution is 0.581. The summed E-state index contributed by atoms with van der Waals surface area (Å²) >= 11 is 0. The third kappa shape index (κ3) is 8.75. The second kappa shape index (κ2) is 11.0. The van der Waals surface area contributed by atoms with Crippen molar-refractivity contribution in [3.63, 3.8) is 0 Å². The fourth-order valence-electron chi connectivity index (χ4n) is 1.85. The van der Waals surface area contributed by atoms with Crippen LogP contribution in [0.25, 0.3) is 0 Å². The minimum atomic E-state index is 1.01. The summed E-state index contributed by atoms with van der Waals surface area (Å²) in [5.74, 6) is 1.23. The minimum Gasteiger partial charge on any atom is -0.367 e. The Bertz CT molecular complexity index is 174. The van der Waals surface area contributed by atoms with Gasteiger partial charge in [-0.25, -0.2) is 0 Å². The molecule has 0 aromatic heterocycles. The lowest BCUT2D eigenvalue weighted by atomic mass is 10.1. The fraction of sp³-hybridized carbons (Fsp3) is 0.929. The highest BCUT2D eigenvalue weighted by atomic mass is 15.1. The van der Waals surface area contributed by atoms with Crippen molar-refractivity contribution in [3.8, 4) is 0 Å². The van der Waals surface area contributed by atoms with Crippen molar-refractivity contribution in [3.05, 3.63) is 0 Å². The van der Waals surface area contributed by atoms with Crippen LogP contribution in [-0.4, -0.2) is 31.4 Å². The predicted octanol–water partition coefficient (Wildman–Crippen LogP) is 4.11. The summed E-state index contributed by atoms with van der Waals surface area (Å²) in [5, 5.41) is 0. The minimum absolute atomic E-state index is 1.01. The molecule has 16 heavy (non-hydrogen) atoms. The van der Waals surface area contributed by atoms with Crippen LogP contribution in [0.3, 0.4) is 0 Å². The van der Waals surface area contributed by atoms with Gasteiger partial charge in [-0.05, 0) is 6.42 Å². The number of aliphatic imine (C=N–C) groups is 1. The van der Waals surface area contributed by atoms with Gasteiger partial charge < -0.3 is 4.90 Å². The van der Waals surface area contributed by atoms with Crippen molar-refractivity contribution in [2.24, 2.45) is 4.99 Å². The summed E-state index contributed by atoms with van der Waals surface area (Å²) in [6.45, 7) is 5.45. The Kier molecular flexibility index (Phi) is 10.6. The van der Waals surface area contributed by atoms with Crippen LogP contribution in [0.4, 0.5) is 0 Å². The van der Waals surface area contributed by atoms with E-state index in [1.165, 1.54) is 50.8 Å². The number of amidine groups is 1. The van der Waals surface area contributed by atoms with Gasteiger partial charge in [0.2, 0.25) is 0 Å². The summed E-state index contributed by atoms with van der Waals surface area (Å²) in [6, 6.07) is 0. The van der Waals surface area contributed by atoms with Crippen molar-refractivity contribution in [2.45, 2.75) is 65.2 Å². The molecule has 2 heteroatoms. The van der Waals surface area contributed by atoms with Crippen molar-refractivity contribution < 1.29 is 0 Å². The highest BCUT2D eigenvalue weighted by Crippen LogP contribution is 2.07. The van der Waals surface area contributed by atoms with Crippen molar-refractivity contribution in [1.29, 1.82) is 0 Å². The van der Waals surface area contributed by atoms with E-state index in [1.807, 2.05) is 0 Å². The van der Waals surface area contributed by atoms with Crippen LogP contribution in [0, 0.1) is 0 Å². The lowest BCUT2D eigenvalue weighted by Gasteiger charge is -2.13. The standard InChI is InChI=1S/C14H30N2/c1-5-7-8-9-10-11-12-13-15-14(6-2)16(3)4/h5-13H2,1-4H3. The molecule has 96 valence electrons. The molecule has 0 radical (unpaired) electrons. The maximum Gasteiger partial charge on any atom is 0.0980 e. The first-order valence-electron chi connectivity index (χ1n) is 6.93. The van der Waals surface area contributed by atoms with Crippen molar-refractivity contribution in [1.82, 2.24) is 4.90 Å². The first kappa shape index (κ1) is 15.5. The zero-order valence-electron chi connectivity index (χ0n) is 11.8. The quantitative estimate of drug-likeness (QED) is 0.328. The molecule has 0 unspecified atom stereocenters. The van der Waals surface area contributed by atoms with E-state index < -0.39 is 0 Å². The van der Waals surface area contributed by atoms with E-state index in [4.69, 9.17) is 0 Å². The van der Waals surface area contributed by atoms with Gasteiger partial charge in [-0.15, -0.1) is 0 Å². The van der Waals surface area contributed by atoms with E-state index in [2.05, 4.69) is 37.8 Å². The molecule has 0 saturated heterocycles. The number of nitrogens with zero attached hydrogens (tertiary/aromatic N) is 2. The molecule has 0 atom stereocenters. The Morgan fingerprint density at radius 3 is 1.94 bits per heavy atom.